The van der Waals surface area contributed by atoms with Gasteiger partial charge >= 0.3 is 12.3 Å². The number of hydrogen-bond donors (Lipinski definition) is 0. The van der Waals surface area contributed by atoms with Crippen LogP contribution >= 0.6 is 0 Å². The van der Waals surface area contributed by atoms with Crippen LogP contribution in [-0.4, -0.2) is 37.3 Å². The van der Waals surface area contributed by atoms with Gasteiger partial charge in [-0.05, 0) is 42.9 Å². The molecule has 1 aliphatic carbocycles. The molecule has 0 heterocycles. The van der Waals surface area contributed by atoms with E-state index in [1.807, 2.05) is 6.92 Å². The van der Waals surface area contributed by atoms with Gasteiger partial charge in [0.25, 0.3) is 0 Å². The van der Waals surface area contributed by atoms with Crippen LogP contribution in [0, 0.1) is 11.8 Å². The smallest absolute Gasteiger partial charge is 0.416 e. The average Bonchev–Trinajstić information content (AvgIpc) is 2.66. The highest BCUT2D eigenvalue weighted by Gasteiger charge is 2.31. The Bertz CT molecular complexity index is 636. The fourth-order valence-electron chi connectivity index (χ4n) is 3.51. The maximum absolute atomic E-state index is 12.8. The molecule has 158 valence electrons. The summed E-state index contributed by atoms with van der Waals surface area (Å²) in [4.78, 5) is 14.0. The highest BCUT2D eigenvalue weighted by Crippen LogP contribution is 2.32. The molecule has 4 nitrogen and oxygen atoms in total. The molecule has 0 spiro atoms. The number of ether oxygens (including phenoxy) is 2. The molecule has 0 saturated heterocycles. The monoisotopic (exact) mass is 401 g/mol. The van der Waals surface area contributed by atoms with E-state index in [-0.39, 0.29) is 12.4 Å². The van der Waals surface area contributed by atoms with Crippen LogP contribution in [0.1, 0.15) is 51.5 Å². The van der Waals surface area contributed by atoms with Crippen molar-refractivity contribution < 1.29 is 27.4 Å². The van der Waals surface area contributed by atoms with Crippen LogP contribution in [0.5, 0.6) is 5.75 Å². The third-order valence-corrected chi connectivity index (χ3v) is 5.43. The van der Waals surface area contributed by atoms with Gasteiger partial charge in [-0.2, -0.15) is 13.2 Å². The molecule has 1 amide bonds. The number of amides is 1. The van der Waals surface area contributed by atoms with E-state index in [2.05, 4.69) is 6.92 Å². The fourth-order valence-corrected chi connectivity index (χ4v) is 3.51. The lowest BCUT2D eigenvalue weighted by atomic mass is 9.80. The van der Waals surface area contributed by atoms with E-state index in [0.29, 0.717) is 24.8 Å². The van der Waals surface area contributed by atoms with Crippen molar-refractivity contribution in [3.8, 4) is 5.75 Å². The zero-order valence-electron chi connectivity index (χ0n) is 16.8. The summed E-state index contributed by atoms with van der Waals surface area (Å²) >= 11 is 0. The number of benzene rings is 1. The molecular weight excluding hydrogens is 371 g/mol. The second-order valence-corrected chi connectivity index (χ2v) is 7.65. The molecule has 1 fully saturated rings. The predicted octanol–water partition coefficient (Wildman–Crippen LogP) is 5.76. The number of alkyl halides is 3. The predicted molar refractivity (Wildman–Crippen MR) is 101 cm³/mol. The van der Waals surface area contributed by atoms with Crippen molar-refractivity contribution in [2.45, 2.75) is 58.2 Å². The molecule has 0 radical (unpaired) electrons. The van der Waals surface area contributed by atoms with Gasteiger partial charge in [0.2, 0.25) is 0 Å². The van der Waals surface area contributed by atoms with Crippen molar-refractivity contribution in [3.05, 3.63) is 29.8 Å². The minimum atomic E-state index is -4.42. The van der Waals surface area contributed by atoms with E-state index in [0.717, 1.165) is 18.6 Å². The SMILES string of the molecule is CCC(COc1cccc(C(F)(F)F)c1)OC(=O)N(C)CC1CCCCC1C. The van der Waals surface area contributed by atoms with Crippen LogP contribution in [0.4, 0.5) is 18.0 Å². The summed E-state index contributed by atoms with van der Waals surface area (Å²) in [5, 5.41) is 0. The number of rotatable bonds is 7. The zero-order valence-corrected chi connectivity index (χ0v) is 16.8. The third-order valence-electron chi connectivity index (χ3n) is 5.43. The molecule has 0 bridgehead atoms. The van der Waals surface area contributed by atoms with Gasteiger partial charge in [0.05, 0.1) is 5.56 Å². The first-order valence-corrected chi connectivity index (χ1v) is 9.92. The van der Waals surface area contributed by atoms with E-state index in [4.69, 9.17) is 9.47 Å². The second kappa shape index (κ2) is 10.0. The fraction of sp³-hybridized carbons (Fsp3) is 0.667. The van der Waals surface area contributed by atoms with Crippen molar-refractivity contribution in [3.63, 3.8) is 0 Å². The average molecular weight is 401 g/mol. The van der Waals surface area contributed by atoms with Crippen molar-refractivity contribution >= 4 is 6.09 Å². The molecule has 0 aliphatic heterocycles. The van der Waals surface area contributed by atoms with Gasteiger partial charge in [-0.25, -0.2) is 4.79 Å². The lowest BCUT2D eigenvalue weighted by molar-refractivity contribution is -0.137. The van der Waals surface area contributed by atoms with E-state index in [9.17, 15) is 18.0 Å². The van der Waals surface area contributed by atoms with Gasteiger partial charge in [0.1, 0.15) is 18.5 Å². The Kier molecular flexibility index (Phi) is 8.01. The Balaban J connectivity index is 1.85. The van der Waals surface area contributed by atoms with Crippen LogP contribution in [-0.2, 0) is 10.9 Å². The first kappa shape index (κ1) is 22.4. The van der Waals surface area contributed by atoms with E-state index in [1.54, 1.807) is 11.9 Å². The standard InChI is InChI=1S/C21H30F3NO3/c1-4-18(14-27-19-11-7-10-17(12-19)21(22,23)24)28-20(26)25(3)13-16-9-6-5-8-15(16)2/h7,10-12,15-16,18H,4-6,8-9,13-14H2,1-3H3. The number of carbonyl (C=O) groups is 1. The van der Waals surface area contributed by atoms with Crippen LogP contribution in [0.3, 0.4) is 0 Å². The third kappa shape index (κ3) is 6.60. The Morgan fingerprint density at radius 3 is 2.64 bits per heavy atom. The molecule has 1 aliphatic rings. The molecule has 1 aromatic rings. The minimum absolute atomic E-state index is 0.0111. The van der Waals surface area contributed by atoms with Gasteiger partial charge in [0.15, 0.2) is 0 Å². The van der Waals surface area contributed by atoms with Gasteiger partial charge in [-0.1, -0.05) is 39.2 Å². The number of hydrogen-bond acceptors (Lipinski definition) is 3. The van der Waals surface area contributed by atoms with Crippen molar-refractivity contribution in [1.82, 2.24) is 4.90 Å². The normalized spacial score (nSPS) is 21.1. The number of carbonyl (C=O) groups excluding carboxylic acids is 1. The molecule has 0 N–H and O–H groups in total. The van der Waals surface area contributed by atoms with Crippen molar-refractivity contribution in [1.29, 1.82) is 0 Å². The lowest BCUT2D eigenvalue weighted by Gasteiger charge is -2.32. The van der Waals surface area contributed by atoms with Gasteiger partial charge in [0, 0.05) is 13.6 Å². The van der Waals surface area contributed by atoms with E-state index >= 15 is 0 Å². The van der Waals surface area contributed by atoms with E-state index < -0.39 is 23.9 Å². The Labute approximate surface area is 165 Å². The van der Waals surface area contributed by atoms with Gasteiger partial charge in [-0.3, -0.25) is 0 Å². The van der Waals surface area contributed by atoms with Crippen LogP contribution < -0.4 is 4.74 Å². The molecule has 1 aromatic carbocycles. The van der Waals surface area contributed by atoms with Crippen molar-refractivity contribution in [2.75, 3.05) is 20.2 Å². The lowest BCUT2D eigenvalue weighted by Crippen LogP contribution is -2.38. The summed E-state index contributed by atoms with van der Waals surface area (Å²) < 4.78 is 49.3. The molecule has 28 heavy (non-hydrogen) atoms. The highest BCUT2D eigenvalue weighted by molar-refractivity contribution is 5.67. The summed E-state index contributed by atoms with van der Waals surface area (Å²) in [5.41, 5.74) is -0.767. The quantitative estimate of drug-likeness (QED) is 0.583. The first-order valence-electron chi connectivity index (χ1n) is 9.92. The maximum Gasteiger partial charge on any atom is 0.416 e. The Hall–Kier alpha value is -1.92. The number of halogens is 3. The molecule has 3 atom stereocenters. The molecule has 3 unspecified atom stereocenters. The van der Waals surface area contributed by atoms with E-state index in [1.165, 1.54) is 31.4 Å². The largest absolute Gasteiger partial charge is 0.490 e. The summed E-state index contributed by atoms with van der Waals surface area (Å²) in [5.74, 6) is 1.18. The molecule has 0 aromatic heterocycles. The Morgan fingerprint density at radius 2 is 2.00 bits per heavy atom. The summed E-state index contributed by atoms with van der Waals surface area (Å²) in [6, 6.07) is 4.70. The maximum atomic E-state index is 12.8. The molecule has 7 heteroatoms. The van der Waals surface area contributed by atoms with Crippen LogP contribution in [0.25, 0.3) is 0 Å². The molecular formula is C21H30F3NO3. The number of nitrogens with zero attached hydrogens (tertiary/aromatic N) is 1. The summed E-state index contributed by atoms with van der Waals surface area (Å²) in [7, 11) is 1.73. The zero-order chi connectivity index (χ0) is 20.7. The summed E-state index contributed by atoms with van der Waals surface area (Å²) in [6.07, 6.45) is -0.0972. The first-order chi connectivity index (χ1) is 13.2. The van der Waals surface area contributed by atoms with Crippen molar-refractivity contribution in [2.24, 2.45) is 11.8 Å². The second-order valence-electron chi connectivity index (χ2n) is 7.65. The topological polar surface area (TPSA) is 38.8 Å². The Morgan fingerprint density at radius 1 is 1.29 bits per heavy atom. The van der Waals surface area contributed by atoms with Crippen LogP contribution in [0.2, 0.25) is 0 Å². The highest BCUT2D eigenvalue weighted by atomic mass is 19.4. The van der Waals surface area contributed by atoms with Crippen LogP contribution in [0.15, 0.2) is 24.3 Å². The van der Waals surface area contributed by atoms with Gasteiger partial charge < -0.3 is 14.4 Å². The molecule has 1 saturated carbocycles. The minimum Gasteiger partial charge on any atom is -0.490 e. The summed E-state index contributed by atoms with van der Waals surface area (Å²) in [6.45, 7) is 4.74. The molecule has 2 rings (SSSR count). The van der Waals surface area contributed by atoms with Gasteiger partial charge in [-0.15, -0.1) is 0 Å².